The number of hydrogen-bond acceptors (Lipinski definition) is 2. The third-order valence-corrected chi connectivity index (χ3v) is 2.85. The van der Waals surface area contributed by atoms with Crippen molar-refractivity contribution in [2.75, 3.05) is 13.7 Å². The van der Waals surface area contributed by atoms with Gasteiger partial charge in [-0.2, -0.15) is 0 Å². The summed E-state index contributed by atoms with van der Waals surface area (Å²) in [5.74, 6) is 0.837. The largest absolute Gasteiger partial charge is 0.496 e. The summed E-state index contributed by atoms with van der Waals surface area (Å²) in [7, 11) is 1.65. The lowest BCUT2D eigenvalue weighted by Crippen LogP contribution is -2.32. The summed E-state index contributed by atoms with van der Waals surface area (Å²) in [5, 5.41) is 3.32. The first-order chi connectivity index (χ1) is 7.31. The highest BCUT2D eigenvalue weighted by molar-refractivity contribution is 5.36. The fourth-order valence-electron chi connectivity index (χ4n) is 2.06. The summed E-state index contributed by atoms with van der Waals surface area (Å²) < 4.78 is 18.5. The molecule has 2 atom stereocenters. The molecular formula is C12H16FNO. The molecule has 1 aromatic carbocycles. The van der Waals surface area contributed by atoms with Crippen LogP contribution in [0, 0.1) is 0 Å². The number of nitrogens with one attached hydrogen (secondary N) is 1. The molecule has 1 aromatic rings. The van der Waals surface area contributed by atoms with Crippen LogP contribution < -0.4 is 10.1 Å². The zero-order valence-corrected chi connectivity index (χ0v) is 8.87. The molecule has 2 rings (SSSR count). The van der Waals surface area contributed by atoms with Gasteiger partial charge in [0.15, 0.2) is 0 Å². The van der Waals surface area contributed by atoms with Crippen molar-refractivity contribution in [3.05, 3.63) is 29.8 Å². The van der Waals surface area contributed by atoms with Crippen molar-refractivity contribution in [1.82, 2.24) is 5.32 Å². The fraction of sp³-hybridized carbons (Fsp3) is 0.500. The van der Waals surface area contributed by atoms with Crippen LogP contribution in [0.2, 0.25) is 0 Å². The Labute approximate surface area is 89.4 Å². The first-order valence-corrected chi connectivity index (χ1v) is 5.31. The molecule has 0 aromatic heterocycles. The SMILES string of the molecule is COc1ccccc1C1CC(F)CCN1. The summed E-state index contributed by atoms with van der Waals surface area (Å²) in [6, 6.07) is 7.89. The van der Waals surface area contributed by atoms with Gasteiger partial charge in [0.25, 0.3) is 0 Å². The Bertz CT molecular complexity index is 329. The minimum Gasteiger partial charge on any atom is -0.496 e. The van der Waals surface area contributed by atoms with Crippen molar-refractivity contribution in [3.63, 3.8) is 0 Å². The average Bonchev–Trinajstić information content (AvgIpc) is 2.29. The lowest BCUT2D eigenvalue weighted by Gasteiger charge is -2.27. The Morgan fingerprint density at radius 2 is 2.20 bits per heavy atom. The van der Waals surface area contributed by atoms with Gasteiger partial charge in [0.05, 0.1) is 7.11 Å². The molecule has 1 N–H and O–H groups in total. The van der Waals surface area contributed by atoms with E-state index >= 15 is 0 Å². The quantitative estimate of drug-likeness (QED) is 0.807. The summed E-state index contributed by atoms with van der Waals surface area (Å²) in [4.78, 5) is 0. The Kier molecular flexibility index (Phi) is 3.21. The molecule has 1 fully saturated rings. The maximum atomic E-state index is 13.3. The Morgan fingerprint density at radius 1 is 1.40 bits per heavy atom. The number of hydrogen-bond donors (Lipinski definition) is 1. The normalized spacial score (nSPS) is 26.3. The number of benzene rings is 1. The first kappa shape index (κ1) is 10.4. The van der Waals surface area contributed by atoms with E-state index in [9.17, 15) is 4.39 Å². The van der Waals surface area contributed by atoms with Crippen LogP contribution in [0.15, 0.2) is 24.3 Å². The lowest BCUT2D eigenvalue weighted by molar-refractivity contribution is 0.221. The van der Waals surface area contributed by atoms with E-state index in [2.05, 4.69) is 5.32 Å². The number of alkyl halides is 1. The van der Waals surface area contributed by atoms with Gasteiger partial charge in [0, 0.05) is 11.6 Å². The molecule has 0 bridgehead atoms. The van der Waals surface area contributed by atoms with Gasteiger partial charge in [-0.15, -0.1) is 0 Å². The van der Waals surface area contributed by atoms with Gasteiger partial charge in [-0.25, -0.2) is 4.39 Å². The van der Waals surface area contributed by atoms with E-state index in [4.69, 9.17) is 4.74 Å². The highest BCUT2D eigenvalue weighted by atomic mass is 19.1. The molecule has 1 saturated heterocycles. The highest BCUT2D eigenvalue weighted by Crippen LogP contribution is 2.31. The topological polar surface area (TPSA) is 21.3 Å². The molecule has 1 heterocycles. The Morgan fingerprint density at radius 3 is 2.93 bits per heavy atom. The first-order valence-electron chi connectivity index (χ1n) is 5.31. The van der Waals surface area contributed by atoms with Gasteiger partial charge < -0.3 is 10.1 Å². The van der Waals surface area contributed by atoms with Crippen LogP contribution >= 0.6 is 0 Å². The van der Waals surface area contributed by atoms with Crippen LogP contribution in [-0.4, -0.2) is 19.8 Å². The predicted molar refractivity (Wildman–Crippen MR) is 57.9 cm³/mol. The van der Waals surface area contributed by atoms with E-state index in [0.29, 0.717) is 12.8 Å². The molecule has 0 aliphatic carbocycles. The van der Waals surface area contributed by atoms with E-state index in [-0.39, 0.29) is 6.04 Å². The maximum absolute atomic E-state index is 13.3. The lowest BCUT2D eigenvalue weighted by atomic mass is 9.96. The van der Waals surface area contributed by atoms with Crippen LogP contribution in [0.3, 0.4) is 0 Å². The van der Waals surface area contributed by atoms with Crippen molar-refractivity contribution in [1.29, 1.82) is 0 Å². The number of ether oxygens (including phenoxy) is 1. The number of piperidine rings is 1. The second-order valence-electron chi connectivity index (χ2n) is 3.87. The molecule has 1 aliphatic rings. The van der Waals surface area contributed by atoms with E-state index in [1.54, 1.807) is 7.11 Å². The molecule has 0 saturated carbocycles. The van der Waals surface area contributed by atoms with E-state index in [1.807, 2.05) is 24.3 Å². The predicted octanol–water partition coefficient (Wildman–Crippen LogP) is 2.46. The van der Waals surface area contributed by atoms with Gasteiger partial charge >= 0.3 is 0 Å². The van der Waals surface area contributed by atoms with Gasteiger partial charge in [-0.3, -0.25) is 0 Å². The smallest absolute Gasteiger partial charge is 0.123 e. The number of rotatable bonds is 2. The monoisotopic (exact) mass is 209 g/mol. The minimum absolute atomic E-state index is 0.0879. The average molecular weight is 209 g/mol. The third-order valence-electron chi connectivity index (χ3n) is 2.85. The molecule has 0 spiro atoms. The minimum atomic E-state index is -0.693. The molecule has 2 nitrogen and oxygen atoms in total. The second-order valence-corrected chi connectivity index (χ2v) is 3.87. The van der Waals surface area contributed by atoms with Crippen LogP contribution in [-0.2, 0) is 0 Å². The molecule has 2 unspecified atom stereocenters. The molecule has 82 valence electrons. The molecule has 0 amide bonds. The molecule has 15 heavy (non-hydrogen) atoms. The number of para-hydroxylation sites is 1. The summed E-state index contributed by atoms with van der Waals surface area (Å²) in [6.07, 6.45) is 0.465. The third kappa shape index (κ3) is 2.29. The second kappa shape index (κ2) is 4.62. The van der Waals surface area contributed by atoms with Gasteiger partial charge in [0.2, 0.25) is 0 Å². The Hall–Kier alpha value is -1.09. The van der Waals surface area contributed by atoms with Crippen molar-refractivity contribution in [2.24, 2.45) is 0 Å². The van der Waals surface area contributed by atoms with E-state index in [0.717, 1.165) is 17.9 Å². The van der Waals surface area contributed by atoms with Gasteiger partial charge in [-0.1, -0.05) is 18.2 Å². The number of methoxy groups -OCH3 is 1. The van der Waals surface area contributed by atoms with Crippen LogP contribution in [0.1, 0.15) is 24.4 Å². The zero-order valence-electron chi connectivity index (χ0n) is 8.87. The van der Waals surface area contributed by atoms with Crippen molar-refractivity contribution >= 4 is 0 Å². The zero-order chi connectivity index (χ0) is 10.7. The molecule has 0 radical (unpaired) electrons. The Balaban J connectivity index is 2.20. The van der Waals surface area contributed by atoms with Crippen LogP contribution in [0.5, 0.6) is 5.75 Å². The van der Waals surface area contributed by atoms with E-state index < -0.39 is 6.17 Å². The summed E-state index contributed by atoms with van der Waals surface area (Å²) >= 11 is 0. The standard InChI is InChI=1S/C12H16FNO/c1-15-12-5-3-2-4-10(12)11-8-9(13)6-7-14-11/h2-5,9,11,14H,6-8H2,1H3. The highest BCUT2D eigenvalue weighted by Gasteiger charge is 2.24. The van der Waals surface area contributed by atoms with Crippen LogP contribution in [0.25, 0.3) is 0 Å². The van der Waals surface area contributed by atoms with Crippen molar-refractivity contribution < 1.29 is 9.13 Å². The molecule has 3 heteroatoms. The van der Waals surface area contributed by atoms with E-state index in [1.165, 1.54) is 0 Å². The van der Waals surface area contributed by atoms with Gasteiger partial charge in [-0.05, 0) is 25.5 Å². The van der Waals surface area contributed by atoms with Crippen molar-refractivity contribution in [3.8, 4) is 5.75 Å². The molecule has 1 aliphatic heterocycles. The van der Waals surface area contributed by atoms with Gasteiger partial charge in [0.1, 0.15) is 11.9 Å². The number of halogens is 1. The van der Waals surface area contributed by atoms with Crippen molar-refractivity contribution in [2.45, 2.75) is 25.1 Å². The summed E-state index contributed by atoms with van der Waals surface area (Å²) in [6.45, 7) is 0.740. The maximum Gasteiger partial charge on any atom is 0.123 e. The van der Waals surface area contributed by atoms with Crippen LogP contribution in [0.4, 0.5) is 4.39 Å². The molecular weight excluding hydrogens is 193 g/mol. The summed E-state index contributed by atoms with van der Waals surface area (Å²) in [5.41, 5.74) is 1.06. The fourth-order valence-corrected chi connectivity index (χ4v) is 2.06.